The molecular formula is C19H27N5. The van der Waals surface area contributed by atoms with E-state index >= 15 is 0 Å². The first-order valence-corrected chi connectivity index (χ1v) is 8.69. The summed E-state index contributed by atoms with van der Waals surface area (Å²) in [5.74, 6) is 0. The molecule has 0 spiro atoms. The predicted molar refractivity (Wildman–Crippen MR) is 97.4 cm³/mol. The first-order chi connectivity index (χ1) is 11.5. The van der Waals surface area contributed by atoms with Gasteiger partial charge in [-0.1, -0.05) is 6.07 Å². The molecule has 3 aromatic rings. The fourth-order valence-corrected chi connectivity index (χ4v) is 3.43. The second kappa shape index (κ2) is 6.77. The predicted octanol–water partition coefficient (Wildman–Crippen LogP) is 3.62. The molecule has 1 N–H and O–H groups in total. The summed E-state index contributed by atoms with van der Waals surface area (Å²) in [6, 6.07) is 6.75. The molecule has 5 nitrogen and oxygen atoms in total. The van der Waals surface area contributed by atoms with Crippen LogP contribution in [0.15, 0.2) is 30.6 Å². The number of hydrogen-bond donors (Lipinski definition) is 1. The highest BCUT2D eigenvalue weighted by atomic mass is 15.3. The van der Waals surface area contributed by atoms with Crippen molar-refractivity contribution in [3.63, 3.8) is 0 Å². The highest BCUT2D eigenvalue weighted by molar-refractivity contribution is 5.39. The summed E-state index contributed by atoms with van der Waals surface area (Å²) in [4.78, 5) is 4.65. The number of nitrogens with zero attached hydrogens (tertiary/aromatic N) is 4. The zero-order valence-electron chi connectivity index (χ0n) is 15.2. The molecule has 0 aromatic carbocycles. The molecule has 3 heterocycles. The highest BCUT2D eigenvalue weighted by Gasteiger charge is 2.18. The molecule has 128 valence electrons. The Bertz CT molecular complexity index is 795. The summed E-state index contributed by atoms with van der Waals surface area (Å²) in [6.45, 7) is 11.7. The summed E-state index contributed by atoms with van der Waals surface area (Å²) in [6.07, 6.45) is 5.06. The van der Waals surface area contributed by atoms with E-state index < -0.39 is 0 Å². The summed E-state index contributed by atoms with van der Waals surface area (Å²) >= 11 is 0. The van der Waals surface area contributed by atoms with Gasteiger partial charge < -0.3 is 9.72 Å². The third kappa shape index (κ3) is 3.22. The summed E-state index contributed by atoms with van der Waals surface area (Å²) in [5, 5.41) is 8.31. The van der Waals surface area contributed by atoms with E-state index in [0.717, 1.165) is 30.0 Å². The lowest BCUT2D eigenvalue weighted by Gasteiger charge is -2.15. The minimum Gasteiger partial charge on any atom is -0.310 e. The molecule has 0 saturated carbocycles. The van der Waals surface area contributed by atoms with Gasteiger partial charge >= 0.3 is 0 Å². The number of nitrogens with one attached hydrogen (secondary N) is 1. The monoisotopic (exact) mass is 325 g/mol. The van der Waals surface area contributed by atoms with E-state index in [1.54, 1.807) is 0 Å². The number of pyridine rings is 1. The quantitative estimate of drug-likeness (QED) is 0.753. The van der Waals surface area contributed by atoms with Gasteiger partial charge in [-0.25, -0.2) is 4.98 Å². The van der Waals surface area contributed by atoms with E-state index in [4.69, 9.17) is 0 Å². The van der Waals surface area contributed by atoms with Gasteiger partial charge in [0.2, 0.25) is 0 Å². The van der Waals surface area contributed by atoms with Crippen LogP contribution in [0.2, 0.25) is 0 Å². The molecule has 0 fully saturated rings. The van der Waals surface area contributed by atoms with Gasteiger partial charge in [0.1, 0.15) is 5.65 Å². The molecule has 0 radical (unpaired) electrons. The molecule has 0 aliphatic rings. The van der Waals surface area contributed by atoms with E-state index in [-0.39, 0.29) is 6.04 Å². The third-order valence-corrected chi connectivity index (χ3v) is 4.55. The molecule has 0 saturated heterocycles. The smallest absolute Gasteiger partial charge is 0.136 e. The molecule has 24 heavy (non-hydrogen) atoms. The zero-order valence-corrected chi connectivity index (χ0v) is 15.2. The van der Waals surface area contributed by atoms with Crippen molar-refractivity contribution in [2.45, 2.75) is 53.1 Å². The fourth-order valence-electron chi connectivity index (χ4n) is 3.43. The number of imidazole rings is 1. The Morgan fingerprint density at radius 3 is 2.62 bits per heavy atom. The lowest BCUT2D eigenvalue weighted by molar-refractivity contribution is 0.512. The Morgan fingerprint density at radius 1 is 1.17 bits per heavy atom. The van der Waals surface area contributed by atoms with Crippen LogP contribution < -0.4 is 5.32 Å². The molecule has 0 amide bonds. The van der Waals surface area contributed by atoms with Gasteiger partial charge in [0.15, 0.2) is 0 Å². The van der Waals surface area contributed by atoms with Gasteiger partial charge in [0, 0.05) is 48.7 Å². The van der Waals surface area contributed by atoms with Gasteiger partial charge in [-0.3, -0.25) is 4.68 Å². The topological polar surface area (TPSA) is 47.2 Å². The number of aromatic nitrogens is 4. The van der Waals surface area contributed by atoms with Crippen LogP contribution in [0, 0.1) is 13.8 Å². The van der Waals surface area contributed by atoms with Gasteiger partial charge in [0.25, 0.3) is 0 Å². The van der Waals surface area contributed by atoms with Crippen molar-refractivity contribution in [3.8, 4) is 0 Å². The molecule has 3 aromatic heterocycles. The van der Waals surface area contributed by atoms with Gasteiger partial charge in [-0.2, -0.15) is 5.10 Å². The molecule has 1 atom stereocenters. The van der Waals surface area contributed by atoms with E-state index in [2.05, 4.69) is 65.3 Å². The van der Waals surface area contributed by atoms with Gasteiger partial charge in [-0.15, -0.1) is 0 Å². The van der Waals surface area contributed by atoms with E-state index in [1.807, 2.05) is 24.4 Å². The molecule has 0 unspecified atom stereocenters. The van der Waals surface area contributed by atoms with Crippen molar-refractivity contribution in [1.82, 2.24) is 24.5 Å². The van der Waals surface area contributed by atoms with Crippen molar-refractivity contribution in [1.29, 1.82) is 0 Å². The van der Waals surface area contributed by atoms with Crippen LogP contribution in [-0.2, 0) is 6.42 Å². The van der Waals surface area contributed by atoms with Crippen LogP contribution in [0.4, 0.5) is 0 Å². The lowest BCUT2D eigenvalue weighted by atomic mass is 10.1. The maximum absolute atomic E-state index is 4.69. The van der Waals surface area contributed by atoms with Crippen molar-refractivity contribution < 1.29 is 0 Å². The highest BCUT2D eigenvalue weighted by Crippen LogP contribution is 2.23. The Kier molecular flexibility index (Phi) is 4.71. The van der Waals surface area contributed by atoms with Crippen LogP contribution in [0.1, 0.15) is 55.5 Å². The minimum atomic E-state index is 0.287. The SMILES string of the molecule is Cc1nn(C(C)C)c(C)c1[C@@H](C)NCCc1cn2ccccc2n1. The average Bonchev–Trinajstić information content (AvgIpc) is 3.07. The Labute approximate surface area is 143 Å². The standard InChI is InChI=1S/C19H27N5/c1-13(2)24-16(5)19(15(4)22-24)14(3)20-10-9-17-12-23-11-7-6-8-18(23)21-17/h6-8,11-14,20H,9-10H2,1-5H3/t14-/m1/s1. The van der Waals surface area contributed by atoms with Crippen LogP contribution in [0.3, 0.4) is 0 Å². The van der Waals surface area contributed by atoms with E-state index in [1.165, 1.54) is 11.3 Å². The molecule has 5 heteroatoms. The molecule has 0 aliphatic carbocycles. The first kappa shape index (κ1) is 16.7. The lowest BCUT2D eigenvalue weighted by Crippen LogP contribution is -2.22. The van der Waals surface area contributed by atoms with Crippen molar-refractivity contribution in [2.75, 3.05) is 6.54 Å². The Hall–Kier alpha value is -2.14. The minimum absolute atomic E-state index is 0.287. The zero-order chi connectivity index (χ0) is 17.3. The van der Waals surface area contributed by atoms with Gasteiger partial charge in [-0.05, 0) is 46.8 Å². The van der Waals surface area contributed by atoms with Crippen LogP contribution >= 0.6 is 0 Å². The Balaban J connectivity index is 1.64. The van der Waals surface area contributed by atoms with Crippen LogP contribution in [0.25, 0.3) is 5.65 Å². The fraction of sp³-hybridized carbons (Fsp3) is 0.474. The van der Waals surface area contributed by atoms with Crippen molar-refractivity contribution in [2.24, 2.45) is 0 Å². The van der Waals surface area contributed by atoms with Crippen LogP contribution in [0.5, 0.6) is 0 Å². The number of fused-ring (bicyclic) bond motifs is 1. The van der Waals surface area contributed by atoms with E-state index in [9.17, 15) is 0 Å². The summed E-state index contributed by atoms with van der Waals surface area (Å²) in [5.41, 5.74) is 5.82. The largest absolute Gasteiger partial charge is 0.310 e. The average molecular weight is 325 g/mol. The summed E-state index contributed by atoms with van der Waals surface area (Å²) in [7, 11) is 0. The number of hydrogen-bond acceptors (Lipinski definition) is 3. The van der Waals surface area contributed by atoms with Crippen LogP contribution in [-0.4, -0.2) is 25.7 Å². The second-order valence-corrected chi connectivity index (χ2v) is 6.75. The van der Waals surface area contributed by atoms with Gasteiger partial charge in [0.05, 0.1) is 11.4 Å². The molecular weight excluding hydrogens is 298 g/mol. The normalized spacial score (nSPS) is 13.1. The Morgan fingerprint density at radius 2 is 1.96 bits per heavy atom. The third-order valence-electron chi connectivity index (χ3n) is 4.55. The first-order valence-electron chi connectivity index (χ1n) is 8.69. The maximum atomic E-state index is 4.69. The number of aryl methyl sites for hydroxylation is 1. The second-order valence-electron chi connectivity index (χ2n) is 6.75. The molecule has 0 bridgehead atoms. The van der Waals surface area contributed by atoms with Crippen molar-refractivity contribution in [3.05, 3.63) is 53.2 Å². The number of rotatable bonds is 6. The van der Waals surface area contributed by atoms with Crippen molar-refractivity contribution >= 4 is 5.65 Å². The molecule has 3 rings (SSSR count). The van der Waals surface area contributed by atoms with E-state index in [0.29, 0.717) is 6.04 Å². The maximum Gasteiger partial charge on any atom is 0.136 e. The molecule has 0 aliphatic heterocycles. The summed E-state index contributed by atoms with van der Waals surface area (Å²) < 4.78 is 4.19.